The van der Waals surface area contributed by atoms with Gasteiger partial charge in [-0.15, -0.1) is 6.42 Å². The zero-order chi connectivity index (χ0) is 18.5. The number of nitrogens with one attached hydrogen (secondary N) is 1. The summed E-state index contributed by atoms with van der Waals surface area (Å²) >= 11 is 4.64. The first-order valence-corrected chi connectivity index (χ1v) is 9.07. The van der Waals surface area contributed by atoms with E-state index in [1.54, 1.807) is 24.3 Å². The molecule has 1 N–H and O–H groups in total. The van der Waals surface area contributed by atoms with Crippen molar-refractivity contribution in [2.45, 2.75) is 0 Å². The molecule has 1 heterocycles. The highest BCUT2D eigenvalue weighted by Crippen LogP contribution is 2.31. The predicted octanol–water partition coefficient (Wildman–Crippen LogP) is 4.49. The molecule has 0 atom stereocenters. The lowest BCUT2D eigenvalue weighted by Gasteiger charge is -2.05. The van der Waals surface area contributed by atoms with Crippen LogP contribution in [0, 0.1) is 18.2 Å². The van der Waals surface area contributed by atoms with Gasteiger partial charge in [0.05, 0.1) is 15.1 Å². The number of terminal acetylenes is 1. The first-order valence-electron chi connectivity index (χ1n) is 7.46. The van der Waals surface area contributed by atoms with Gasteiger partial charge in [0, 0.05) is 0 Å². The number of hydrogen-bond acceptors (Lipinski definition) is 4. The number of nitrogens with zero attached hydrogens (tertiary/aromatic N) is 1. The highest BCUT2D eigenvalue weighted by molar-refractivity contribution is 9.10. The summed E-state index contributed by atoms with van der Waals surface area (Å²) in [6, 6.07) is 11.2. The second kappa shape index (κ2) is 8.21. The van der Waals surface area contributed by atoms with Crippen molar-refractivity contribution in [1.29, 1.82) is 0 Å². The zero-order valence-electron chi connectivity index (χ0n) is 13.3. The monoisotopic (exact) mass is 430 g/mol. The molecule has 0 unspecified atom stereocenters. The van der Waals surface area contributed by atoms with E-state index in [1.807, 2.05) is 12.1 Å². The number of thioether (sulfide) groups is 1. The maximum atomic E-state index is 12.9. The SMILES string of the molecule is C#CCOc1ccc(/C=C2/SC(=Nc3ccc(F)cc3)NC2=O)cc1Br. The van der Waals surface area contributed by atoms with Gasteiger partial charge in [0.2, 0.25) is 0 Å². The van der Waals surface area contributed by atoms with Gasteiger partial charge in [0.15, 0.2) is 5.17 Å². The molecule has 130 valence electrons. The third-order valence-electron chi connectivity index (χ3n) is 3.27. The maximum absolute atomic E-state index is 12.9. The number of carbonyl (C=O) groups excluding carboxylic acids is 1. The lowest BCUT2D eigenvalue weighted by molar-refractivity contribution is -0.115. The van der Waals surface area contributed by atoms with Gasteiger partial charge in [-0.3, -0.25) is 4.79 Å². The van der Waals surface area contributed by atoms with Crippen LogP contribution in [0.3, 0.4) is 0 Å². The molecule has 2 aromatic rings. The first kappa shape index (κ1) is 18.2. The molecule has 26 heavy (non-hydrogen) atoms. The molecule has 1 saturated heterocycles. The van der Waals surface area contributed by atoms with Crippen LogP contribution in [0.5, 0.6) is 5.75 Å². The minimum Gasteiger partial charge on any atom is -0.480 e. The number of hydrogen-bond donors (Lipinski definition) is 1. The summed E-state index contributed by atoms with van der Waals surface area (Å²) in [6.45, 7) is 0.181. The van der Waals surface area contributed by atoms with Crippen LogP contribution in [0.1, 0.15) is 5.56 Å². The topological polar surface area (TPSA) is 50.7 Å². The Bertz CT molecular complexity index is 949. The number of halogens is 2. The summed E-state index contributed by atoms with van der Waals surface area (Å²) in [6.07, 6.45) is 6.93. The Balaban J connectivity index is 1.77. The van der Waals surface area contributed by atoms with E-state index in [0.717, 1.165) is 10.0 Å². The van der Waals surface area contributed by atoms with Crippen molar-refractivity contribution in [2.75, 3.05) is 6.61 Å². The van der Waals surface area contributed by atoms with Crippen LogP contribution >= 0.6 is 27.7 Å². The summed E-state index contributed by atoms with van der Waals surface area (Å²) < 4.78 is 19.1. The van der Waals surface area contributed by atoms with Gasteiger partial charge in [-0.2, -0.15) is 0 Å². The molecule has 0 spiro atoms. The van der Waals surface area contributed by atoms with Crippen molar-refractivity contribution in [2.24, 2.45) is 4.99 Å². The molecule has 0 aliphatic carbocycles. The summed E-state index contributed by atoms with van der Waals surface area (Å²) in [5.74, 6) is 2.47. The average Bonchev–Trinajstić information content (AvgIpc) is 2.95. The second-order valence-electron chi connectivity index (χ2n) is 5.14. The first-order chi connectivity index (χ1) is 12.5. The van der Waals surface area contributed by atoms with Gasteiger partial charge in [0.25, 0.3) is 5.91 Å². The summed E-state index contributed by atoms with van der Waals surface area (Å²) in [4.78, 5) is 16.9. The number of ether oxygens (including phenoxy) is 1. The highest BCUT2D eigenvalue weighted by Gasteiger charge is 2.23. The van der Waals surface area contributed by atoms with E-state index in [2.05, 4.69) is 32.2 Å². The van der Waals surface area contributed by atoms with Crippen molar-refractivity contribution in [3.05, 3.63) is 63.2 Å². The van der Waals surface area contributed by atoms with Crippen LogP contribution in [0.25, 0.3) is 6.08 Å². The lowest BCUT2D eigenvalue weighted by atomic mass is 10.2. The third-order valence-corrected chi connectivity index (χ3v) is 4.80. The van der Waals surface area contributed by atoms with Crippen molar-refractivity contribution < 1.29 is 13.9 Å². The van der Waals surface area contributed by atoms with E-state index >= 15 is 0 Å². The van der Waals surface area contributed by atoms with E-state index < -0.39 is 0 Å². The summed E-state index contributed by atoms with van der Waals surface area (Å²) in [7, 11) is 0. The number of benzene rings is 2. The Kier molecular flexibility index (Phi) is 5.76. The van der Waals surface area contributed by atoms with Crippen LogP contribution in [0.4, 0.5) is 10.1 Å². The Morgan fingerprint density at radius 1 is 1.31 bits per heavy atom. The van der Waals surface area contributed by atoms with Gasteiger partial charge in [-0.25, -0.2) is 9.38 Å². The second-order valence-corrected chi connectivity index (χ2v) is 7.03. The lowest BCUT2D eigenvalue weighted by Crippen LogP contribution is -2.19. The van der Waals surface area contributed by atoms with Crippen LogP contribution in [0.15, 0.2) is 56.8 Å². The van der Waals surface area contributed by atoms with E-state index in [1.165, 1.54) is 23.9 Å². The van der Waals surface area contributed by atoms with Crippen LogP contribution in [-0.4, -0.2) is 17.7 Å². The number of amidine groups is 1. The minimum absolute atomic E-state index is 0.181. The molecule has 1 fully saturated rings. The fraction of sp³-hybridized carbons (Fsp3) is 0.0526. The molecule has 0 aromatic heterocycles. The Morgan fingerprint density at radius 2 is 2.08 bits per heavy atom. The van der Waals surface area contributed by atoms with Crippen molar-refractivity contribution in [1.82, 2.24) is 5.32 Å². The van der Waals surface area contributed by atoms with Gasteiger partial charge in [-0.1, -0.05) is 12.0 Å². The highest BCUT2D eigenvalue weighted by atomic mass is 79.9. The largest absolute Gasteiger partial charge is 0.480 e. The third kappa shape index (κ3) is 4.54. The van der Waals surface area contributed by atoms with E-state index in [-0.39, 0.29) is 18.3 Å². The van der Waals surface area contributed by atoms with E-state index in [0.29, 0.717) is 21.5 Å². The fourth-order valence-corrected chi connectivity index (χ4v) is 3.46. The van der Waals surface area contributed by atoms with Gasteiger partial charge < -0.3 is 10.1 Å². The molecule has 2 aromatic carbocycles. The average molecular weight is 431 g/mol. The van der Waals surface area contributed by atoms with Crippen LogP contribution in [-0.2, 0) is 4.79 Å². The number of carbonyl (C=O) groups is 1. The standard InChI is InChI=1S/C19H12BrFN2O2S/c1-2-9-25-16-8-3-12(10-15(16)20)11-17-18(24)23-19(26-17)22-14-6-4-13(21)5-7-14/h1,3-8,10-11H,9H2,(H,22,23,24)/b17-11+. The smallest absolute Gasteiger partial charge is 0.264 e. The van der Waals surface area contributed by atoms with E-state index in [9.17, 15) is 9.18 Å². The molecular formula is C19H12BrFN2O2S. The Labute approximate surface area is 162 Å². The summed E-state index contributed by atoms with van der Waals surface area (Å²) in [5, 5.41) is 3.14. The van der Waals surface area contributed by atoms with Crippen molar-refractivity contribution in [3.63, 3.8) is 0 Å². The van der Waals surface area contributed by atoms with Crippen LogP contribution < -0.4 is 10.1 Å². The molecule has 3 rings (SSSR count). The molecule has 0 bridgehead atoms. The Morgan fingerprint density at radius 3 is 2.77 bits per heavy atom. The summed E-state index contributed by atoms with van der Waals surface area (Å²) in [5.41, 5.74) is 1.39. The molecular weight excluding hydrogens is 419 g/mol. The number of rotatable bonds is 4. The number of amides is 1. The molecule has 7 heteroatoms. The van der Waals surface area contributed by atoms with Crippen LogP contribution in [0.2, 0.25) is 0 Å². The molecule has 1 amide bonds. The quantitative estimate of drug-likeness (QED) is 0.574. The minimum atomic E-state index is -0.335. The predicted molar refractivity (Wildman–Crippen MR) is 106 cm³/mol. The zero-order valence-corrected chi connectivity index (χ0v) is 15.7. The van der Waals surface area contributed by atoms with E-state index in [4.69, 9.17) is 11.2 Å². The van der Waals surface area contributed by atoms with Gasteiger partial charge in [0.1, 0.15) is 18.2 Å². The number of aliphatic imine (C=N–C) groups is 1. The van der Waals surface area contributed by atoms with Gasteiger partial charge >= 0.3 is 0 Å². The molecule has 4 nitrogen and oxygen atoms in total. The van der Waals surface area contributed by atoms with Crippen molar-refractivity contribution >= 4 is 50.5 Å². The molecule has 1 aliphatic rings. The fourth-order valence-electron chi connectivity index (χ4n) is 2.11. The maximum Gasteiger partial charge on any atom is 0.264 e. The Hall–Kier alpha value is -2.56. The molecule has 0 radical (unpaired) electrons. The van der Waals surface area contributed by atoms with Gasteiger partial charge in [-0.05, 0) is 75.7 Å². The molecule has 1 aliphatic heterocycles. The van der Waals surface area contributed by atoms with Crippen molar-refractivity contribution in [3.8, 4) is 18.1 Å². The molecule has 0 saturated carbocycles. The normalized spacial score (nSPS) is 16.6.